The van der Waals surface area contributed by atoms with Crippen molar-refractivity contribution in [3.63, 3.8) is 0 Å². The van der Waals surface area contributed by atoms with Gasteiger partial charge in [0.05, 0.1) is 6.10 Å². The molecule has 5 nitrogen and oxygen atoms in total. The van der Waals surface area contributed by atoms with Crippen LogP contribution in [0.15, 0.2) is 0 Å². The van der Waals surface area contributed by atoms with E-state index >= 15 is 0 Å². The van der Waals surface area contributed by atoms with Gasteiger partial charge in [0, 0.05) is 24.6 Å². The maximum absolute atomic E-state index is 11.0. The fraction of sp³-hybridized carbons (Fsp3) is 0.667. The summed E-state index contributed by atoms with van der Waals surface area (Å²) in [4.78, 5) is 18.1. The van der Waals surface area contributed by atoms with Crippen molar-refractivity contribution in [2.24, 2.45) is 0 Å². The third-order valence-electron chi connectivity index (χ3n) is 3.04. The quantitative estimate of drug-likeness (QED) is 0.908. The molecule has 1 fully saturated rings. The Morgan fingerprint density at radius 3 is 3.06 bits per heavy atom. The smallest absolute Gasteiger partial charge is 0.355 e. The second-order valence-corrected chi connectivity index (χ2v) is 5.55. The standard InChI is InChI=1S/C12H18N2O3S/c1-3-17-9-5-4-6-14(7-9)12-13-10(11(15)16)8(2)18-12/h9H,3-7H2,1-2H3,(H,15,16). The predicted molar refractivity (Wildman–Crippen MR) is 70.7 cm³/mol. The van der Waals surface area contributed by atoms with Crippen LogP contribution in [-0.2, 0) is 4.74 Å². The van der Waals surface area contributed by atoms with E-state index in [4.69, 9.17) is 9.84 Å². The van der Waals surface area contributed by atoms with Crippen LogP contribution in [0.3, 0.4) is 0 Å². The Balaban J connectivity index is 2.11. The Morgan fingerprint density at radius 2 is 2.44 bits per heavy atom. The van der Waals surface area contributed by atoms with Crippen LogP contribution < -0.4 is 4.90 Å². The van der Waals surface area contributed by atoms with Crippen molar-refractivity contribution in [1.82, 2.24) is 4.98 Å². The van der Waals surface area contributed by atoms with Gasteiger partial charge in [0.2, 0.25) is 0 Å². The molecule has 1 saturated heterocycles. The van der Waals surface area contributed by atoms with Gasteiger partial charge in [-0.05, 0) is 26.7 Å². The normalized spacial score (nSPS) is 20.1. The average molecular weight is 270 g/mol. The molecular weight excluding hydrogens is 252 g/mol. The van der Waals surface area contributed by atoms with E-state index in [0.717, 1.165) is 42.5 Å². The molecule has 18 heavy (non-hydrogen) atoms. The van der Waals surface area contributed by atoms with E-state index in [1.54, 1.807) is 6.92 Å². The van der Waals surface area contributed by atoms with Gasteiger partial charge in [-0.25, -0.2) is 9.78 Å². The van der Waals surface area contributed by atoms with Gasteiger partial charge in [0.1, 0.15) is 0 Å². The summed E-state index contributed by atoms with van der Waals surface area (Å²) in [5.74, 6) is -0.951. The van der Waals surface area contributed by atoms with Gasteiger partial charge >= 0.3 is 5.97 Å². The summed E-state index contributed by atoms with van der Waals surface area (Å²) in [6.07, 6.45) is 2.37. The number of carboxylic acids is 1. The third kappa shape index (κ3) is 2.81. The van der Waals surface area contributed by atoms with E-state index in [1.807, 2.05) is 6.92 Å². The Bertz CT molecular complexity index is 431. The molecule has 1 aromatic heterocycles. The van der Waals surface area contributed by atoms with Crippen molar-refractivity contribution in [2.75, 3.05) is 24.6 Å². The summed E-state index contributed by atoms with van der Waals surface area (Å²) >= 11 is 1.45. The van der Waals surface area contributed by atoms with Crippen molar-refractivity contribution < 1.29 is 14.6 Å². The summed E-state index contributed by atoms with van der Waals surface area (Å²) in [5, 5.41) is 9.81. The minimum Gasteiger partial charge on any atom is -0.476 e. The number of aryl methyl sites for hydroxylation is 1. The van der Waals surface area contributed by atoms with Crippen molar-refractivity contribution in [3.8, 4) is 0 Å². The third-order valence-corrected chi connectivity index (χ3v) is 4.07. The SMILES string of the molecule is CCOC1CCCN(c2nc(C(=O)O)c(C)s2)C1. The van der Waals surface area contributed by atoms with Crippen molar-refractivity contribution >= 4 is 22.4 Å². The van der Waals surface area contributed by atoms with E-state index < -0.39 is 5.97 Å². The average Bonchev–Trinajstić information content (AvgIpc) is 2.72. The topological polar surface area (TPSA) is 62.7 Å². The molecular formula is C12H18N2O3S. The van der Waals surface area contributed by atoms with E-state index in [9.17, 15) is 4.79 Å². The first kappa shape index (κ1) is 13.3. The Labute approximate surface area is 110 Å². The summed E-state index contributed by atoms with van der Waals surface area (Å²) in [6, 6.07) is 0. The fourth-order valence-electron chi connectivity index (χ4n) is 2.20. The lowest BCUT2D eigenvalue weighted by atomic mass is 10.1. The molecule has 0 saturated carbocycles. The molecule has 2 heterocycles. The number of thiazole rings is 1. The molecule has 0 spiro atoms. The van der Waals surface area contributed by atoms with Crippen LogP contribution in [0.25, 0.3) is 0 Å². The number of nitrogens with zero attached hydrogens (tertiary/aromatic N) is 2. The molecule has 0 aliphatic carbocycles. The van der Waals surface area contributed by atoms with Crippen LogP contribution in [0, 0.1) is 6.92 Å². The van der Waals surface area contributed by atoms with Gasteiger partial charge < -0.3 is 14.7 Å². The van der Waals surface area contributed by atoms with Gasteiger partial charge in [-0.2, -0.15) is 0 Å². The van der Waals surface area contributed by atoms with Crippen LogP contribution in [0.1, 0.15) is 35.1 Å². The van der Waals surface area contributed by atoms with Crippen molar-refractivity contribution in [1.29, 1.82) is 0 Å². The summed E-state index contributed by atoms with van der Waals surface area (Å²) < 4.78 is 5.64. The molecule has 1 unspecified atom stereocenters. The Morgan fingerprint density at radius 1 is 1.67 bits per heavy atom. The van der Waals surface area contributed by atoms with E-state index in [-0.39, 0.29) is 11.8 Å². The minimum absolute atomic E-state index is 0.175. The van der Waals surface area contributed by atoms with E-state index in [0.29, 0.717) is 0 Å². The van der Waals surface area contributed by atoms with Gasteiger partial charge in [-0.1, -0.05) is 0 Å². The number of ether oxygens (including phenoxy) is 1. The van der Waals surface area contributed by atoms with Crippen molar-refractivity contribution in [3.05, 3.63) is 10.6 Å². The predicted octanol–water partition coefficient (Wildman–Crippen LogP) is 2.16. The van der Waals surface area contributed by atoms with Crippen LogP contribution in [0.5, 0.6) is 0 Å². The summed E-state index contributed by atoms with van der Waals surface area (Å²) in [7, 11) is 0. The van der Waals surface area contributed by atoms with Crippen LogP contribution in [-0.4, -0.2) is 41.9 Å². The highest BCUT2D eigenvalue weighted by Crippen LogP contribution is 2.28. The molecule has 1 aliphatic heterocycles. The first-order valence-electron chi connectivity index (χ1n) is 6.19. The number of aromatic carboxylic acids is 1. The molecule has 1 aliphatic rings. The molecule has 0 amide bonds. The van der Waals surface area contributed by atoms with Crippen molar-refractivity contribution in [2.45, 2.75) is 32.8 Å². The van der Waals surface area contributed by atoms with Gasteiger partial charge in [-0.3, -0.25) is 0 Å². The number of carbonyl (C=O) groups is 1. The zero-order chi connectivity index (χ0) is 13.1. The first-order valence-corrected chi connectivity index (χ1v) is 7.00. The molecule has 2 rings (SSSR count). The summed E-state index contributed by atoms with van der Waals surface area (Å²) in [6.45, 7) is 6.24. The highest BCUT2D eigenvalue weighted by atomic mass is 32.1. The Hall–Kier alpha value is -1.14. The molecule has 0 bridgehead atoms. The number of piperidine rings is 1. The van der Waals surface area contributed by atoms with E-state index in [1.165, 1.54) is 11.3 Å². The lowest BCUT2D eigenvalue weighted by Crippen LogP contribution is -2.39. The number of aromatic nitrogens is 1. The molecule has 0 radical (unpaired) electrons. The number of anilines is 1. The van der Waals surface area contributed by atoms with Crippen LogP contribution >= 0.6 is 11.3 Å². The first-order chi connectivity index (χ1) is 8.61. The molecule has 1 N–H and O–H groups in total. The monoisotopic (exact) mass is 270 g/mol. The largest absolute Gasteiger partial charge is 0.476 e. The second kappa shape index (κ2) is 5.67. The Kier molecular flexibility index (Phi) is 4.19. The van der Waals surface area contributed by atoms with E-state index in [2.05, 4.69) is 9.88 Å². The molecule has 6 heteroatoms. The van der Waals surface area contributed by atoms with Gasteiger partial charge in [0.25, 0.3) is 0 Å². The minimum atomic E-state index is -0.951. The molecule has 1 aromatic rings. The zero-order valence-electron chi connectivity index (χ0n) is 10.7. The number of hydrogen-bond acceptors (Lipinski definition) is 5. The lowest BCUT2D eigenvalue weighted by molar-refractivity contribution is 0.0526. The molecule has 1 atom stereocenters. The van der Waals surface area contributed by atoms with Crippen LogP contribution in [0.2, 0.25) is 0 Å². The molecule has 100 valence electrons. The maximum Gasteiger partial charge on any atom is 0.355 e. The van der Waals surface area contributed by atoms with Gasteiger partial charge in [-0.15, -0.1) is 11.3 Å². The number of hydrogen-bond donors (Lipinski definition) is 1. The van der Waals surface area contributed by atoms with Gasteiger partial charge in [0.15, 0.2) is 10.8 Å². The highest BCUT2D eigenvalue weighted by Gasteiger charge is 2.24. The molecule has 0 aromatic carbocycles. The zero-order valence-corrected chi connectivity index (χ0v) is 11.5. The maximum atomic E-state index is 11.0. The summed E-state index contributed by atoms with van der Waals surface area (Å²) in [5.41, 5.74) is 0.175. The fourth-order valence-corrected chi connectivity index (χ4v) is 3.14. The highest BCUT2D eigenvalue weighted by molar-refractivity contribution is 7.15. The number of carboxylic acid groups (broad SMARTS) is 1. The lowest BCUT2D eigenvalue weighted by Gasteiger charge is -2.32. The van der Waals surface area contributed by atoms with Crippen LogP contribution in [0.4, 0.5) is 5.13 Å². The second-order valence-electron chi connectivity index (χ2n) is 4.37. The number of rotatable bonds is 4.